The number of pyridine rings is 1. The van der Waals surface area contributed by atoms with Crippen LogP contribution in [0.5, 0.6) is 0 Å². The van der Waals surface area contributed by atoms with E-state index < -0.39 is 40.1 Å². The molecule has 1 saturated heterocycles. The number of aliphatic imine (C=N–C) groups is 1. The van der Waals surface area contributed by atoms with Crippen molar-refractivity contribution in [3.8, 4) is 0 Å². The SMILES string of the molecule is O=S(=O)(N[C@H]1CC2=C(c3ccn(C(F)F)n3)[C@H](c3ccc(F)cc3Cl)N=C(c3nccs3)N2C1)c1ccc([C@H]2CC[C@](O)(c3ccccn3)CC2)cc1. The summed E-state index contributed by atoms with van der Waals surface area (Å²) < 4.78 is 72.7. The summed E-state index contributed by atoms with van der Waals surface area (Å²) in [5.41, 5.74) is 2.38. The zero-order valence-corrected chi connectivity index (χ0v) is 30.4. The average molecular weight is 780 g/mol. The zero-order chi connectivity index (χ0) is 36.9. The number of alkyl halides is 2. The molecule has 2 N–H and O–H groups in total. The van der Waals surface area contributed by atoms with Crippen molar-refractivity contribution in [1.82, 2.24) is 29.4 Å². The minimum atomic E-state index is -4.01. The monoisotopic (exact) mass is 779 g/mol. The van der Waals surface area contributed by atoms with Gasteiger partial charge in [-0.25, -0.2) is 27.2 Å². The van der Waals surface area contributed by atoms with Gasteiger partial charge in [0.1, 0.15) is 17.5 Å². The number of halogens is 4. The van der Waals surface area contributed by atoms with Crippen LogP contribution in [-0.2, 0) is 15.6 Å². The lowest BCUT2D eigenvalue weighted by Gasteiger charge is -2.35. The number of hydrogen-bond donors (Lipinski definition) is 2. The van der Waals surface area contributed by atoms with Crippen LogP contribution < -0.4 is 4.72 Å². The Hall–Kier alpha value is -4.41. The fraction of sp³-hybridized carbons (Fsp3) is 0.297. The Morgan fingerprint density at radius 2 is 1.81 bits per heavy atom. The molecule has 1 saturated carbocycles. The van der Waals surface area contributed by atoms with Crippen molar-refractivity contribution in [3.05, 3.63) is 135 Å². The molecule has 2 aromatic carbocycles. The number of thiazole rings is 1. The summed E-state index contributed by atoms with van der Waals surface area (Å²) in [5, 5.41) is 17.8. The number of fused-ring (bicyclic) bond motifs is 1. The summed E-state index contributed by atoms with van der Waals surface area (Å²) in [7, 11) is -4.01. The Balaban J connectivity index is 1.07. The average Bonchev–Trinajstić information content (AvgIpc) is 3.94. The third-order valence-electron chi connectivity index (χ3n) is 10.2. The molecule has 1 aliphatic carbocycles. The highest BCUT2D eigenvalue weighted by molar-refractivity contribution is 7.89. The first-order valence-electron chi connectivity index (χ1n) is 17.0. The summed E-state index contributed by atoms with van der Waals surface area (Å²) in [6.07, 6.45) is 7.20. The number of amidine groups is 1. The van der Waals surface area contributed by atoms with Crippen molar-refractivity contribution in [2.45, 2.75) is 67.2 Å². The van der Waals surface area contributed by atoms with Crippen molar-refractivity contribution >= 4 is 44.4 Å². The van der Waals surface area contributed by atoms with Gasteiger partial charge in [0.2, 0.25) is 10.0 Å². The largest absolute Gasteiger partial charge is 0.384 e. The third-order valence-corrected chi connectivity index (χ3v) is 12.8. The van der Waals surface area contributed by atoms with Crippen molar-refractivity contribution < 1.29 is 26.7 Å². The lowest BCUT2D eigenvalue weighted by molar-refractivity contribution is -0.00957. The Morgan fingerprint density at radius 1 is 1.02 bits per heavy atom. The van der Waals surface area contributed by atoms with E-state index in [0.29, 0.717) is 50.9 Å². The van der Waals surface area contributed by atoms with Crippen LogP contribution in [0.1, 0.15) is 78.1 Å². The summed E-state index contributed by atoms with van der Waals surface area (Å²) >= 11 is 7.90. The van der Waals surface area contributed by atoms with Crippen molar-refractivity contribution in [2.24, 2.45) is 4.99 Å². The van der Waals surface area contributed by atoms with Gasteiger partial charge in [-0.3, -0.25) is 9.98 Å². The molecule has 16 heteroatoms. The van der Waals surface area contributed by atoms with Gasteiger partial charge in [-0.2, -0.15) is 13.9 Å². The summed E-state index contributed by atoms with van der Waals surface area (Å²) in [4.78, 5) is 15.8. The minimum Gasteiger partial charge on any atom is -0.384 e. The molecule has 10 nitrogen and oxygen atoms in total. The van der Waals surface area contributed by atoms with E-state index in [1.54, 1.807) is 29.9 Å². The maximum Gasteiger partial charge on any atom is 0.333 e. The number of hydrogen-bond acceptors (Lipinski definition) is 9. The molecule has 3 aliphatic rings. The molecule has 0 bridgehead atoms. The van der Waals surface area contributed by atoms with E-state index in [1.807, 2.05) is 35.2 Å². The zero-order valence-electron chi connectivity index (χ0n) is 28.0. The quantitative estimate of drug-likeness (QED) is 0.159. The Kier molecular flexibility index (Phi) is 9.47. The second-order valence-corrected chi connectivity index (χ2v) is 16.4. The van der Waals surface area contributed by atoms with Gasteiger partial charge in [0.15, 0.2) is 10.8 Å². The maximum atomic E-state index is 14.2. The van der Waals surface area contributed by atoms with Gasteiger partial charge < -0.3 is 10.0 Å². The van der Waals surface area contributed by atoms with Gasteiger partial charge in [-0.15, -0.1) is 11.3 Å². The first-order valence-corrected chi connectivity index (χ1v) is 19.8. The second-order valence-electron chi connectivity index (χ2n) is 13.4. The first kappa shape index (κ1) is 35.6. The van der Waals surface area contributed by atoms with Crippen LogP contribution in [-0.4, -0.2) is 56.6 Å². The molecule has 8 rings (SSSR count). The highest BCUT2D eigenvalue weighted by Gasteiger charge is 2.42. The van der Waals surface area contributed by atoms with Gasteiger partial charge in [0, 0.05) is 64.8 Å². The molecule has 2 aliphatic heterocycles. The van der Waals surface area contributed by atoms with Gasteiger partial charge in [-0.05, 0) is 79.6 Å². The van der Waals surface area contributed by atoms with Crippen LogP contribution in [0.25, 0.3) is 5.57 Å². The van der Waals surface area contributed by atoms with Crippen molar-refractivity contribution in [3.63, 3.8) is 0 Å². The molecule has 0 spiro atoms. The molecule has 3 aromatic heterocycles. The molecule has 53 heavy (non-hydrogen) atoms. The Morgan fingerprint density at radius 3 is 2.47 bits per heavy atom. The molecule has 5 heterocycles. The number of rotatable bonds is 9. The molecular formula is C37H33ClF3N7O3S2. The maximum absolute atomic E-state index is 14.2. The van der Waals surface area contributed by atoms with Gasteiger partial charge in [0.25, 0.3) is 0 Å². The number of aliphatic hydroxyl groups is 1. The van der Waals surface area contributed by atoms with Crippen LogP contribution in [0, 0.1) is 5.82 Å². The third kappa shape index (κ3) is 6.92. The minimum absolute atomic E-state index is 0.0906. The highest BCUT2D eigenvalue weighted by Crippen LogP contribution is 2.47. The van der Waals surface area contributed by atoms with Gasteiger partial charge in [-0.1, -0.05) is 35.9 Å². The summed E-state index contributed by atoms with van der Waals surface area (Å²) in [5.74, 6) is 0.0665. The van der Waals surface area contributed by atoms with E-state index in [1.165, 1.54) is 29.5 Å². The molecule has 5 aromatic rings. The smallest absolute Gasteiger partial charge is 0.333 e. The normalized spacial score (nSPS) is 23.4. The van der Waals surface area contributed by atoms with E-state index >= 15 is 0 Å². The van der Waals surface area contributed by atoms with Crippen LogP contribution in [0.3, 0.4) is 0 Å². The molecular weight excluding hydrogens is 747 g/mol. The van der Waals surface area contributed by atoms with E-state index in [4.69, 9.17) is 16.6 Å². The van der Waals surface area contributed by atoms with E-state index in [9.17, 15) is 26.7 Å². The number of sulfonamides is 1. The molecule has 2 atom stereocenters. The molecule has 2 fully saturated rings. The standard InChI is InChI=1S/C37H33ClF3N7O3S2/c38-28-19-24(39)6-9-27(28)33-32(29-12-17-48(45-29)36(40)41)30-20-25(21-47(30)34(44-33)35-43-16-18-52-35)46-53(50,51)26-7-4-22(5-8-26)23-10-13-37(49,14-11-23)31-3-1-2-15-42-31/h1-9,12,15-19,23,25,33,36,46,49H,10-11,13-14,20-21H2/t23-,25-,33-,37+/m0/s1. The highest BCUT2D eigenvalue weighted by atomic mass is 35.5. The van der Waals surface area contributed by atoms with Crippen LogP contribution in [0.15, 0.2) is 106 Å². The van der Waals surface area contributed by atoms with E-state index in [0.717, 1.165) is 30.7 Å². The number of benzene rings is 2. The molecule has 0 radical (unpaired) electrons. The van der Waals surface area contributed by atoms with Crippen LogP contribution in [0.2, 0.25) is 5.02 Å². The Bertz CT molecular complexity index is 2290. The number of nitrogens with one attached hydrogen (secondary N) is 1. The van der Waals surface area contributed by atoms with E-state index in [2.05, 4.69) is 19.8 Å². The fourth-order valence-electron chi connectivity index (χ4n) is 7.56. The first-order chi connectivity index (χ1) is 25.5. The van der Waals surface area contributed by atoms with Crippen molar-refractivity contribution in [2.75, 3.05) is 6.54 Å². The predicted molar refractivity (Wildman–Crippen MR) is 194 cm³/mol. The lowest BCUT2D eigenvalue weighted by Crippen LogP contribution is -2.39. The fourth-order valence-corrected chi connectivity index (χ4v) is 9.70. The Labute approximate surface area is 312 Å². The second kappa shape index (κ2) is 14.1. The molecule has 274 valence electrons. The lowest BCUT2D eigenvalue weighted by atomic mass is 9.74. The summed E-state index contributed by atoms with van der Waals surface area (Å²) in [6.45, 7) is -2.71. The van der Waals surface area contributed by atoms with Gasteiger partial charge >= 0.3 is 6.55 Å². The predicted octanol–water partition coefficient (Wildman–Crippen LogP) is 7.43. The number of aromatic nitrogens is 4. The number of nitrogens with zero attached hydrogens (tertiary/aromatic N) is 6. The topological polar surface area (TPSA) is 126 Å². The van der Waals surface area contributed by atoms with E-state index in [-0.39, 0.29) is 34.5 Å². The molecule has 0 amide bonds. The van der Waals surface area contributed by atoms with Crippen LogP contribution >= 0.6 is 22.9 Å². The van der Waals surface area contributed by atoms with Crippen molar-refractivity contribution in [1.29, 1.82) is 0 Å². The van der Waals surface area contributed by atoms with Crippen LogP contribution in [0.4, 0.5) is 13.2 Å². The molecule has 0 unspecified atom stereocenters. The summed E-state index contributed by atoms with van der Waals surface area (Å²) in [6, 6.07) is 16.2. The van der Waals surface area contributed by atoms with Gasteiger partial charge in [0.05, 0.1) is 16.3 Å².